The van der Waals surface area contributed by atoms with Gasteiger partial charge in [0.25, 0.3) is 6.29 Å². The van der Waals surface area contributed by atoms with Crippen molar-refractivity contribution in [3.63, 3.8) is 0 Å². The number of amides is 2. The summed E-state index contributed by atoms with van der Waals surface area (Å²) in [5.74, 6) is -1.27. The molecule has 0 bridgehead atoms. The fourth-order valence-electron chi connectivity index (χ4n) is 1.68. The number of hydrogen-bond donors (Lipinski definition) is 2. The number of anilines is 1. The van der Waals surface area contributed by atoms with Gasteiger partial charge in [0.1, 0.15) is 11.4 Å². The number of hydrogen-bond acceptors (Lipinski definition) is 5. The zero-order valence-electron chi connectivity index (χ0n) is 11.1. The van der Waals surface area contributed by atoms with Crippen LogP contribution in [0.25, 0.3) is 0 Å². The van der Waals surface area contributed by atoms with E-state index in [1.807, 2.05) is 0 Å². The first-order chi connectivity index (χ1) is 10.2. The number of fused-ring (bicyclic) bond motifs is 1. The molecule has 2 amide bonds. The van der Waals surface area contributed by atoms with E-state index < -0.39 is 28.1 Å². The fourth-order valence-corrected chi connectivity index (χ4v) is 1.96. The molecule has 120 valence electrons. The number of hydroxylamine groups is 1. The van der Waals surface area contributed by atoms with Crippen LogP contribution in [-0.4, -0.2) is 33.2 Å². The minimum atomic E-state index is -2.05. The highest BCUT2D eigenvalue weighted by molar-refractivity contribution is 6.68. The molecule has 22 heavy (non-hydrogen) atoms. The molecule has 1 heterocycles. The van der Waals surface area contributed by atoms with Crippen LogP contribution in [0, 0.1) is 0 Å². The lowest BCUT2D eigenvalue weighted by atomic mass is 10.2. The summed E-state index contributed by atoms with van der Waals surface area (Å²) in [5, 5.41) is 12.6. The number of aliphatic hydroxyl groups is 1. The van der Waals surface area contributed by atoms with Gasteiger partial charge in [0.05, 0.1) is 0 Å². The molecule has 1 aliphatic heterocycles. The second-order valence-corrected chi connectivity index (χ2v) is 6.67. The van der Waals surface area contributed by atoms with Crippen molar-refractivity contribution in [3.8, 4) is 5.75 Å². The van der Waals surface area contributed by atoms with Crippen molar-refractivity contribution in [1.29, 1.82) is 0 Å². The number of aliphatic hydroxyl groups excluding tert-OH is 1. The highest BCUT2D eigenvalue weighted by Gasteiger charge is 2.41. The highest BCUT2D eigenvalue weighted by atomic mass is 35.6. The van der Waals surface area contributed by atoms with E-state index >= 15 is 0 Å². The lowest BCUT2D eigenvalue weighted by molar-refractivity contribution is -0.156. The molecule has 1 aromatic rings. The van der Waals surface area contributed by atoms with E-state index in [0.717, 1.165) is 0 Å². The summed E-state index contributed by atoms with van der Waals surface area (Å²) in [6, 6.07) is 6.28. The van der Waals surface area contributed by atoms with Gasteiger partial charge >= 0.3 is 5.91 Å². The van der Waals surface area contributed by atoms with Crippen LogP contribution < -0.4 is 15.1 Å². The molecule has 0 aliphatic carbocycles. The number of rotatable bonds is 3. The number of halogens is 3. The van der Waals surface area contributed by atoms with Crippen LogP contribution >= 0.6 is 34.8 Å². The predicted octanol–water partition coefficient (Wildman–Crippen LogP) is 1.49. The Morgan fingerprint density at radius 2 is 2.09 bits per heavy atom. The first-order valence-electron chi connectivity index (χ1n) is 5.98. The van der Waals surface area contributed by atoms with Crippen molar-refractivity contribution in [2.45, 2.75) is 23.2 Å². The summed E-state index contributed by atoms with van der Waals surface area (Å²) in [7, 11) is 0. The van der Waals surface area contributed by atoms with Crippen molar-refractivity contribution >= 4 is 52.3 Å². The van der Waals surface area contributed by atoms with E-state index in [4.69, 9.17) is 44.4 Å². The quantitative estimate of drug-likeness (QED) is 0.623. The molecule has 7 nitrogen and oxygen atoms in total. The van der Waals surface area contributed by atoms with Crippen molar-refractivity contribution in [3.05, 3.63) is 24.3 Å². The summed E-state index contributed by atoms with van der Waals surface area (Å²) < 4.78 is 2.97. The van der Waals surface area contributed by atoms with E-state index in [0.29, 0.717) is 5.06 Å². The topological polar surface area (TPSA) is 88.1 Å². The molecule has 0 saturated carbocycles. The normalized spacial score (nSPS) is 19.2. The van der Waals surface area contributed by atoms with E-state index in [1.165, 1.54) is 19.1 Å². The average Bonchev–Trinajstić information content (AvgIpc) is 2.41. The third-order valence-corrected chi connectivity index (χ3v) is 3.17. The minimum Gasteiger partial charge on any atom is -0.453 e. The lowest BCUT2D eigenvalue weighted by Crippen LogP contribution is -2.54. The Labute approximate surface area is 140 Å². The Morgan fingerprint density at radius 1 is 1.45 bits per heavy atom. The molecule has 0 radical (unpaired) electrons. The maximum absolute atomic E-state index is 12.0. The zero-order valence-corrected chi connectivity index (χ0v) is 13.4. The van der Waals surface area contributed by atoms with Crippen LogP contribution in [0.3, 0.4) is 0 Å². The molecule has 2 unspecified atom stereocenters. The summed E-state index contributed by atoms with van der Waals surface area (Å²) in [6.45, 7) is 1.19. The van der Waals surface area contributed by atoms with Gasteiger partial charge in [-0.2, -0.15) is 5.06 Å². The predicted molar refractivity (Wildman–Crippen MR) is 79.5 cm³/mol. The number of alkyl halides is 3. The van der Waals surface area contributed by atoms with Gasteiger partial charge in [-0.1, -0.05) is 46.9 Å². The van der Waals surface area contributed by atoms with Gasteiger partial charge < -0.3 is 15.2 Å². The number of nitrogens with one attached hydrogen (secondary N) is 1. The monoisotopic (exact) mass is 368 g/mol. The standard InChI is InChI=1S/C12H11Cl3N2O5/c1-6(18)16-11(12(13,14)15)22-17-7-4-2-3-5-8(7)21-10(20)9(17)19/h2-5,10-11,20H,1H3,(H,16,18). The van der Waals surface area contributed by atoms with Gasteiger partial charge in [-0.25, -0.2) is 4.84 Å². The fraction of sp³-hybridized carbons (Fsp3) is 0.333. The van der Waals surface area contributed by atoms with Crippen LogP contribution in [0.4, 0.5) is 5.69 Å². The zero-order chi connectivity index (χ0) is 16.5. The lowest BCUT2D eigenvalue weighted by Gasteiger charge is -2.35. The van der Waals surface area contributed by atoms with Gasteiger partial charge in [0.2, 0.25) is 15.9 Å². The van der Waals surface area contributed by atoms with Crippen molar-refractivity contribution in [1.82, 2.24) is 5.32 Å². The second-order valence-electron chi connectivity index (χ2n) is 4.30. The molecule has 0 saturated heterocycles. The smallest absolute Gasteiger partial charge is 0.320 e. The van der Waals surface area contributed by atoms with Crippen LogP contribution in [0.1, 0.15) is 6.92 Å². The molecule has 2 rings (SSSR count). The van der Waals surface area contributed by atoms with Crippen molar-refractivity contribution in [2.75, 3.05) is 5.06 Å². The second kappa shape index (κ2) is 6.47. The average molecular weight is 370 g/mol. The summed E-state index contributed by atoms with van der Waals surface area (Å²) in [4.78, 5) is 28.5. The van der Waals surface area contributed by atoms with E-state index in [-0.39, 0.29) is 11.4 Å². The molecule has 10 heteroatoms. The van der Waals surface area contributed by atoms with Gasteiger partial charge in [-0.3, -0.25) is 9.59 Å². The molecular weight excluding hydrogens is 358 g/mol. The first kappa shape index (κ1) is 17.1. The Balaban J connectivity index is 2.33. The Bertz CT molecular complexity index is 592. The number of ether oxygens (including phenoxy) is 1. The van der Waals surface area contributed by atoms with Gasteiger partial charge in [0, 0.05) is 6.92 Å². The van der Waals surface area contributed by atoms with E-state index in [2.05, 4.69) is 5.32 Å². The molecule has 2 N–H and O–H groups in total. The number of benzene rings is 1. The molecule has 0 aromatic heterocycles. The maximum Gasteiger partial charge on any atom is 0.320 e. The van der Waals surface area contributed by atoms with E-state index in [9.17, 15) is 14.7 Å². The van der Waals surface area contributed by atoms with Gasteiger partial charge in [-0.15, -0.1) is 0 Å². The van der Waals surface area contributed by atoms with Crippen LogP contribution in [0.2, 0.25) is 0 Å². The molecule has 2 atom stereocenters. The summed E-state index contributed by atoms with van der Waals surface area (Å²) in [6.07, 6.45) is -3.24. The van der Waals surface area contributed by atoms with Gasteiger partial charge in [-0.05, 0) is 12.1 Å². The Morgan fingerprint density at radius 3 is 2.68 bits per heavy atom. The molecule has 0 fully saturated rings. The summed E-state index contributed by atoms with van der Waals surface area (Å²) >= 11 is 17.2. The van der Waals surface area contributed by atoms with Crippen LogP contribution in [-0.2, 0) is 14.4 Å². The molecule has 1 aromatic carbocycles. The number of para-hydroxylation sites is 2. The number of nitrogens with zero attached hydrogens (tertiary/aromatic N) is 1. The molecule has 1 aliphatic rings. The maximum atomic E-state index is 12.0. The number of carbonyl (C=O) groups excluding carboxylic acids is 2. The van der Waals surface area contributed by atoms with Crippen LogP contribution in [0.5, 0.6) is 5.75 Å². The SMILES string of the molecule is CC(=O)NC(ON1C(=O)C(O)Oc2ccccc21)C(Cl)(Cl)Cl. The molecular formula is C12H11Cl3N2O5. The van der Waals surface area contributed by atoms with Crippen molar-refractivity contribution in [2.24, 2.45) is 0 Å². The first-order valence-corrected chi connectivity index (χ1v) is 7.12. The van der Waals surface area contributed by atoms with Crippen LogP contribution in [0.15, 0.2) is 24.3 Å². The largest absolute Gasteiger partial charge is 0.453 e. The third kappa shape index (κ3) is 3.74. The Hall–Kier alpha value is -1.25. The van der Waals surface area contributed by atoms with Gasteiger partial charge in [0.15, 0.2) is 0 Å². The highest BCUT2D eigenvalue weighted by Crippen LogP contribution is 2.37. The molecule has 0 spiro atoms. The van der Waals surface area contributed by atoms with E-state index in [1.54, 1.807) is 12.1 Å². The third-order valence-electron chi connectivity index (χ3n) is 2.58. The van der Waals surface area contributed by atoms with Crippen molar-refractivity contribution < 1.29 is 24.3 Å². The summed E-state index contributed by atoms with van der Waals surface area (Å²) in [5.41, 5.74) is 0.197. The minimum absolute atomic E-state index is 0.195. The Kier molecular flexibility index (Phi) is 5.03. The number of carbonyl (C=O) groups is 2.